The summed E-state index contributed by atoms with van der Waals surface area (Å²) in [5, 5.41) is 7.28. The average molecular weight is 335 g/mol. The molecular weight excluding hydrogens is 314 g/mol. The topological polar surface area (TPSA) is 72.2 Å². The summed E-state index contributed by atoms with van der Waals surface area (Å²) in [7, 11) is 0. The number of rotatable bonds is 3. The van der Waals surface area contributed by atoms with Gasteiger partial charge in [-0.05, 0) is 62.8 Å². The Bertz CT molecular complexity index is 975. The molecular formula is C19H21N5O. The normalized spacial score (nSPS) is 14.5. The molecule has 1 aromatic carbocycles. The van der Waals surface area contributed by atoms with Gasteiger partial charge in [-0.2, -0.15) is 4.98 Å². The smallest absolute Gasteiger partial charge is 0.291 e. The van der Waals surface area contributed by atoms with Gasteiger partial charge < -0.3 is 5.32 Å². The molecule has 1 amide bonds. The Morgan fingerprint density at radius 2 is 1.96 bits per heavy atom. The standard InChI is InChI=1S/C19H21N5O/c1-11-9-12(2)24-19(20-11)22-17(23-24)18(25)21-13(3)15-8-7-14-5-4-6-16(14)10-15/h7-10,13H,4-6H2,1-3H3,(H,21,25). The van der Waals surface area contributed by atoms with Crippen molar-refractivity contribution in [1.29, 1.82) is 0 Å². The Kier molecular flexibility index (Phi) is 3.75. The minimum Gasteiger partial charge on any atom is -0.343 e. The van der Waals surface area contributed by atoms with Crippen molar-refractivity contribution in [2.24, 2.45) is 0 Å². The van der Waals surface area contributed by atoms with Gasteiger partial charge in [0, 0.05) is 11.4 Å². The minimum absolute atomic E-state index is 0.0965. The maximum Gasteiger partial charge on any atom is 0.291 e. The van der Waals surface area contributed by atoms with E-state index in [4.69, 9.17) is 0 Å². The molecule has 1 aliphatic carbocycles. The molecule has 2 aromatic heterocycles. The Morgan fingerprint density at radius 3 is 2.80 bits per heavy atom. The van der Waals surface area contributed by atoms with E-state index in [-0.39, 0.29) is 17.8 Å². The van der Waals surface area contributed by atoms with Gasteiger partial charge in [-0.1, -0.05) is 18.2 Å². The van der Waals surface area contributed by atoms with Crippen LogP contribution in [-0.4, -0.2) is 25.5 Å². The van der Waals surface area contributed by atoms with Gasteiger partial charge >= 0.3 is 0 Å². The van der Waals surface area contributed by atoms with E-state index in [9.17, 15) is 4.79 Å². The third-order valence-corrected chi connectivity index (χ3v) is 4.79. The molecule has 1 atom stereocenters. The molecule has 25 heavy (non-hydrogen) atoms. The SMILES string of the molecule is Cc1cc(C)n2nc(C(=O)NC(C)c3ccc4c(c3)CCC4)nc2n1. The van der Waals surface area contributed by atoms with E-state index in [2.05, 4.69) is 38.6 Å². The van der Waals surface area contributed by atoms with Crippen molar-refractivity contribution in [1.82, 2.24) is 24.9 Å². The number of aromatic nitrogens is 4. The first kappa shape index (κ1) is 15.7. The Morgan fingerprint density at radius 1 is 1.16 bits per heavy atom. The van der Waals surface area contributed by atoms with Gasteiger partial charge in [0.05, 0.1) is 6.04 Å². The minimum atomic E-state index is -0.282. The Hall–Kier alpha value is -2.76. The highest BCUT2D eigenvalue weighted by molar-refractivity contribution is 5.91. The number of carbonyl (C=O) groups is 1. The second-order valence-corrected chi connectivity index (χ2v) is 6.76. The van der Waals surface area contributed by atoms with Crippen LogP contribution < -0.4 is 5.32 Å². The van der Waals surface area contributed by atoms with Crippen LogP contribution in [0.4, 0.5) is 0 Å². The summed E-state index contributed by atoms with van der Waals surface area (Å²) >= 11 is 0. The maximum absolute atomic E-state index is 12.6. The van der Waals surface area contributed by atoms with Crippen LogP contribution >= 0.6 is 0 Å². The monoisotopic (exact) mass is 335 g/mol. The van der Waals surface area contributed by atoms with Crippen molar-refractivity contribution in [3.05, 3.63) is 58.2 Å². The summed E-state index contributed by atoms with van der Waals surface area (Å²) in [6, 6.07) is 8.30. The van der Waals surface area contributed by atoms with Gasteiger partial charge in [-0.25, -0.2) is 9.50 Å². The highest BCUT2D eigenvalue weighted by atomic mass is 16.2. The summed E-state index contributed by atoms with van der Waals surface area (Å²) in [5.41, 5.74) is 5.71. The molecule has 128 valence electrons. The van der Waals surface area contributed by atoms with E-state index in [0.29, 0.717) is 5.78 Å². The summed E-state index contributed by atoms with van der Waals surface area (Å²) in [4.78, 5) is 21.1. The number of amides is 1. The molecule has 6 heteroatoms. The predicted octanol–water partition coefficient (Wildman–Crippen LogP) is 2.72. The number of aryl methyl sites for hydroxylation is 4. The molecule has 0 radical (unpaired) electrons. The van der Waals surface area contributed by atoms with Crippen LogP contribution in [0.3, 0.4) is 0 Å². The quantitative estimate of drug-likeness (QED) is 0.799. The van der Waals surface area contributed by atoms with Crippen molar-refractivity contribution in [2.75, 3.05) is 0 Å². The molecule has 0 bridgehead atoms. The lowest BCUT2D eigenvalue weighted by molar-refractivity contribution is 0.0929. The molecule has 0 aliphatic heterocycles. The summed E-state index contributed by atoms with van der Waals surface area (Å²) in [6.45, 7) is 5.81. The third-order valence-electron chi connectivity index (χ3n) is 4.79. The fourth-order valence-electron chi connectivity index (χ4n) is 3.47. The third kappa shape index (κ3) is 2.88. The second kappa shape index (κ2) is 5.95. The van der Waals surface area contributed by atoms with Gasteiger partial charge in [0.2, 0.25) is 5.82 Å². The van der Waals surface area contributed by atoms with E-state index in [1.165, 1.54) is 17.5 Å². The summed E-state index contributed by atoms with van der Waals surface area (Å²) in [5.74, 6) is 0.317. The maximum atomic E-state index is 12.6. The summed E-state index contributed by atoms with van der Waals surface area (Å²) in [6.07, 6.45) is 3.51. The molecule has 2 heterocycles. The second-order valence-electron chi connectivity index (χ2n) is 6.76. The number of hydrogen-bond acceptors (Lipinski definition) is 4. The first-order valence-electron chi connectivity index (χ1n) is 8.65. The van der Waals surface area contributed by atoms with Crippen LogP contribution in [0.5, 0.6) is 0 Å². The lowest BCUT2D eigenvalue weighted by Crippen LogP contribution is -2.27. The van der Waals surface area contributed by atoms with Gasteiger partial charge in [-0.3, -0.25) is 4.79 Å². The van der Waals surface area contributed by atoms with E-state index >= 15 is 0 Å². The zero-order valence-corrected chi connectivity index (χ0v) is 14.7. The first-order chi connectivity index (χ1) is 12.0. The Labute approximate surface area is 146 Å². The van der Waals surface area contributed by atoms with Crippen LogP contribution in [0.25, 0.3) is 5.78 Å². The van der Waals surface area contributed by atoms with E-state index in [1.54, 1.807) is 4.52 Å². The van der Waals surface area contributed by atoms with Gasteiger partial charge in [0.25, 0.3) is 11.7 Å². The molecule has 0 saturated carbocycles. The number of hydrogen-bond donors (Lipinski definition) is 1. The molecule has 0 spiro atoms. The first-order valence-corrected chi connectivity index (χ1v) is 8.65. The molecule has 1 aliphatic rings. The molecule has 6 nitrogen and oxygen atoms in total. The van der Waals surface area contributed by atoms with Crippen molar-refractivity contribution in [3.63, 3.8) is 0 Å². The summed E-state index contributed by atoms with van der Waals surface area (Å²) < 4.78 is 1.60. The van der Waals surface area contributed by atoms with E-state index < -0.39 is 0 Å². The number of nitrogens with one attached hydrogen (secondary N) is 1. The van der Waals surface area contributed by atoms with Crippen molar-refractivity contribution in [3.8, 4) is 0 Å². The van der Waals surface area contributed by atoms with Gasteiger partial charge in [0.15, 0.2) is 0 Å². The van der Waals surface area contributed by atoms with Crippen molar-refractivity contribution < 1.29 is 4.79 Å². The van der Waals surface area contributed by atoms with Gasteiger partial charge in [0.1, 0.15) is 0 Å². The van der Waals surface area contributed by atoms with Crippen LogP contribution in [0.1, 0.15) is 58.1 Å². The number of fused-ring (bicyclic) bond motifs is 2. The number of carbonyl (C=O) groups excluding carboxylic acids is 1. The Balaban J connectivity index is 1.56. The van der Waals surface area contributed by atoms with E-state index in [0.717, 1.165) is 29.8 Å². The zero-order valence-electron chi connectivity index (χ0n) is 14.7. The fourth-order valence-corrected chi connectivity index (χ4v) is 3.47. The molecule has 3 aromatic rings. The number of nitrogens with zero attached hydrogens (tertiary/aromatic N) is 4. The number of benzene rings is 1. The molecule has 1 unspecified atom stereocenters. The van der Waals surface area contributed by atoms with E-state index in [1.807, 2.05) is 26.8 Å². The lowest BCUT2D eigenvalue weighted by Gasteiger charge is -2.14. The van der Waals surface area contributed by atoms with Crippen LogP contribution in [0.15, 0.2) is 24.3 Å². The zero-order chi connectivity index (χ0) is 17.6. The average Bonchev–Trinajstić information content (AvgIpc) is 3.20. The lowest BCUT2D eigenvalue weighted by atomic mass is 10.0. The van der Waals surface area contributed by atoms with Crippen LogP contribution in [0.2, 0.25) is 0 Å². The van der Waals surface area contributed by atoms with Crippen LogP contribution in [-0.2, 0) is 12.8 Å². The van der Waals surface area contributed by atoms with Crippen molar-refractivity contribution in [2.45, 2.75) is 46.1 Å². The predicted molar refractivity (Wildman–Crippen MR) is 94.6 cm³/mol. The largest absolute Gasteiger partial charge is 0.343 e. The fraction of sp³-hybridized carbons (Fsp3) is 0.368. The molecule has 4 rings (SSSR count). The van der Waals surface area contributed by atoms with Crippen molar-refractivity contribution >= 4 is 11.7 Å². The molecule has 0 fully saturated rings. The highest BCUT2D eigenvalue weighted by Gasteiger charge is 2.19. The van der Waals surface area contributed by atoms with Gasteiger partial charge in [-0.15, -0.1) is 5.10 Å². The highest BCUT2D eigenvalue weighted by Crippen LogP contribution is 2.25. The molecule has 0 saturated heterocycles. The molecule has 1 N–H and O–H groups in total. The van der Waals surface area contributed by atoms with Crippen LogP contribution in [0, 0.1) is 13.8 Å².